The number of carbonyl (C=O) groups excluding carboxylic acids is 1. The number of hydrogen-bond acceptors (Lipinski definition) is 4. The molecule has 1 amide bonds. The van der Waals surface area contributed by atoms with Gasteiger partial charge in [0.05, 0.1) is 24.5 Å². The minimum absolute atomic E-state index is 0.178. The van der Waals surface area contributed by atoms with Gasteiger partial charge in [-0.2, -0.15) is 5.10 Å². The van der Waals surface area contributed by atoms with Crippen molar-refractivity contribution in [1.82, 2.24) is 20.0 Å². The van der Waals surface area contributed by atoms with Crippen molar-refractivity contribution in [3.8, 4) is 5.75 Å². The Labute approximate surface area is 165 Å². The third kappa shape index (κ3) is 5.47. The van der Waals surface area contributed by atoms with E-state index in [0.29, 0.717) is 23.2 Å². The Morgan fingerprint density at radius 3 is 2.85 bits per heavy atom. The first-order valence-electron chi connectivity index (χ1n) is 9.38. The third-order valence-electron chi connectivity index (χ3n) is 4.47. The summed E-state index contributed by atoms with van der Waals surface area (Å²) in [6.07, 6.45) is -0.609. The lowest BCUT2D eigenvalue weighted by Gasteiger charge is -2.28. The van der Waals surface area contributed by atoms with Crippen LogP contribution in [0.1, 0.15) is 32.2 Å². The summed E-state index contributed by atoms with van der Waals surface area (Å²) < 4.78 is 7.69. The number of hydrogen-bond donors (Lipinski definition) is 1. The highest BCUT2D eigenvalue weighted by atomic mass is 35.5. The number of halogens is 1. The molecule has 0 unspecified atom stereocenters. The van der Waals surface area contributed by atoms with E-state index < -0.39 is 6.10 Å². The normalized spacial score (nSPS) is 15.4. The van der Waals surface area contributed by atoms with Gasteiger partial charge in [-0.25, -0.2) is 0 Å². The van der Waals surface area contributed by atoms with Gasteiger partial charge in [0.25, 0.3) is 5.91 Å². The molecule has 1 aromatic carbocycles. The van der Waals surface area contributed by atoms with Crippen LogP contribution in [0.25, 0.3) is 0 Å². The van der Waals surface area contributed by atoms with Crippen LogP contribution < -0.4 is 10.1 Å². The fraction of sp³-hybridized carbons (Fsp3) is 0.500. The van der Waals surface area contributed by atoms with E-state index >= 15 is 0 Å². The maximum absolute atomic E-state index is 12.3. The quantitative estimate of drug-likeness (QED) is 0.789. The predicted molar refractivity (Wildman–Crippen MR) is 106 cm³/mol. The molecule has 6 nitrogen and oxygen atoms in total. The molecule has 27 heavy (non-hydrogen) atoms. The number of amides is 1. The molecule has 2 heterocycles. The zero-order chi connectivity index (χ0) is 19.4. The second-order valence-corrected chi connectivity index (χ2v) is 7.85. The second kappa shape index (κ2) is 8.76. The van der Waals surface area contributed by atoms with Gasteiger partial charge in [0.1, 0.15) is 5.75 Å². The van der Waals surface area contributed by atoms with E-state index in [1.165, 1.54) is 5.69 Å². The Morgan fingerprint density at radius 1 is 1.30 bits per heavy atom. The minimum atomic E-state index is -0.609. The van der Waals surface area contributed by atoms with E-state index in [1.807, 2.05) is 4.68 Å². The van der Waals surface area contributed by atoms with Gasteiger partial charge in [-0.05, 0) is 37.1 Å². The van der Waals surface area contributed by atoms with Gasteiger partial charge in [0, 0.05) is 24.7 Å². The number of rotatable bonds is 7. The van der Waals surface area contributed by atoms with Crippen LogP contribution in [0, 0.1) is 5.92 Å². The molecule has 7 heteroatoms. The summed E-state index contributed by atoms with van der Waals surface area (Å²) in [5, 5.41) is 8.09. The van der Waals surface area contributed by atoms with Gasteiger partial charge in [-0.1, -0.05) is 31.5 Å². The molecule has 3 rings (SSSR count). The molecule has 1 aromatic heterocycles. The fourth-order valence-corrected chi connectivity index (χ4v) is 3.44. The zero-order valence-corrected chi connectivity index (χ0v) is 16.9. The standard InChI is InChI=1S/C20H27ClN4O2/c1-14(2)12-24-7-8-25-18(13-24)10-17(23-25)11-22-20(26)15(3)27-19-6-4-5-16(21)9-19/h4-6,9-10,14-15H,7-8,11-13H2,1-3H3,(H,22,26)/t15-/m0/s1. The van der Waals surface area contributed by atoms with Crippen LogP contribution in [0.2, 0.25) is 5.02 Å². The van der Waals surface area contributed by atoms with E-state index in [4.69, 9.17) is 16.3 Å². The lowest BCUT2D eigenvalue weighted by molar-refractivity contribution is -0.127. The lowest BCUT2D eigenvalue weighted by atomic mass is 10.2. The van der Waals surface area contributed by atoms with Crippen molar-refractivity contribution in [3.05, 3.63) is 46.7 Å². The van der Waals surface area contributed by atoms with Crippen molar-refractivity contribution < 1.29 is 9.53 Å². The summed E-state index contributed by atoms with van der Waals surface area (Å²) in [4.78, 5) is 14.8. The van der Waals surface area contributed by atoms with Crippen molar-refractivity contribution in [2.24, 2.45) is 5.92 Å². The predicted octanol–water partition coefficient (Wildman–Crippen LogP) is 3.09. The number of carbonyl (C=O) groups is 1. The van der Waals surface area contributed by atoms with Crippen molar-refractivity contribution >= 4 is 17.5 Å². The van der Waals surface area contributed by atoms with Crippen LogP contribution >= 0.6 is 11.6 Å². The fourth-order valence-electron chi connectivity index (χ4n) is 3.26. The highest BCUT2D eigenvalue weighted by Gasteiger charge is 2.20. The van der Waals surface area contributed by atoms with Gasteiger partial charge in [-0.15, -0.1) is 0 Å². The number of ether oxygens (including phenoxy) is 1. The van der Waals surface area contributed by atoms with Crippen LogP contribution in [-0.4, -0.2) is 39.8 Å². The molecular formula is C20H27ClN4O2. The minimum Gasteiger partial charge on any atom is -0.481 e. The SMILES string of the molecule is CC(C)CN1CCn2nc(CNC(=O)[C@H](C)Oc3cccc(Cl)c3)cc2C1. The van der Waals surface area contributed by atoms with Crippen LogP contribution in [0.15, 0.2) is 30.3 Å². The Morgan fingerprint density at radius 2 is 2.11 bits per heavy atom. The monoisotopic (exact) mass is 390 g/mol. The molecule has 1 atom stereocenters. The summed E-state index contributed by atoms with van der Waals surface area (Å²) in [5.41, 5.74) is 2.08. The lowest BCUT2D eigenvalue weighted by Crippen LogP contribution is -2.36. The highest BCUT2D eigenvalue weighted by molar-refractivity contribution is 6.30. The van der Waals surface area contributed by atoms with Crippen LogP contribution in [0.3, 0.4) is 0 Å². The molecule has 0 saturated carbocycles. The number of aromatic nitrogens is 2. The maximum Gasteiger partial charge on any atom is 0.261 e. The topological polar surface area (TPSA) is 59.4 Å². The maximum atomic E-state index is 12.3. The van der Waals surface area contributed by atoms with E-state index in [-0.39, 0.29) is 5.91 Å². The first-order chi connectivity index (χ1) is 12.9. The van der Waals surface area contributed by atoms with Crippen LogP contribution in [0.5, 0.6) is 5.75 Å². The average molecular weight is 391 g/mol. The molecule has 146 valence electrons. The molecule has 2 aromatic rings. The molecular weight excluding hydrogens is 364 g/mol. The van der Waals surface area contributed by atoms with Gasteiger partial charge < -0.3 is 10.1 Å². The summed E-state index contributed by atoms with van der Waals surface area (Å²) in [7, 11) is 0. The first kappa shape index (κ1) is 19.7. The summed E-state index contributed by atoms with van der Waals surface area (Å²) in [6, 6.07) is 9.11. The summed E-state index contributed by atoms with van der Waals surface area (Å²) in [6.45, 7) is 10.5. The number of benzene rings is 1. The van der Waals surface area contributed by atoms with Gasteiger partial charge in [-0.3, -0.25) is 14.4 Å². The largest absolute Gasteiger partial charge is 0.481 e. The number of fused-ring (bicyclic) bond motifs is 1. The van der Waals surface area contributed by atoms with Gasteiger partial charge in [0.2, 0.25) is 0 Å². The molecule has 0 radical (unpaired) electrons. The third-order valence-corrected chi connectivity index (χ3v) is 4.71. The van der Waals surface area contributed by atoms with Crippen LogP contribution in [-0.2, 0) is 24.4 Å². The number of nitrogens with zero attached hydrogens (tertiary/aromatic N) is 3. The molecule has 1 aliphatic rings. The molecule has 1 aliphatic heterocycles. The Hall–Kier alpha value is -2.05. The van der Waals surface area contributed by atoms with Gasteiger partial charge in [0.15, 0.2) is 6.10 Å². The molecule has 0 aliphatic carbocycles. The van der Waals surface area contributed by atoms with Crippen molar-refractivity contribution in [2.45, 2.75) is 46.5 Å². The van der Waals surface area contributed by atoms with E-state index in [9.17, 15) is 4.79 Å². The molecule has 0 bridgehead atoms. The van der Waals surface area contributed by atoms with E-state index in [1.54, 1.807) is 31.2 Å². The summed E-state index contributed by atoms with van der Waals surface area (Å²) in [5.74, 6) is 1.05. The Kier molecular flexibility index (Phi) is 6.39. The van der Waals surface area contributed by atoms with Crippen molar-refractivity contribution in [2.75, 3.05) is 13.1 Å². The second-order valence-electron chi connectivity index (χ2n) is 7.41. The van der Waals surface area contributed by atoms with Crippen LogP contribution in [0.4, 0.5) is 0 Å². The number of nitrogens with one attached hydrogen (secondary N) is 1. The average Bonchev–Trinajstić information content (AvgIpc) is 3.01. The van der Waals surface area contributed by atoms with E-state index in [2.05, 4.69) is 35.2 Å². The smallest absolute Gasteiger partial charge is 0.261 e. The molecule has 0 fully saturated rings. The highest BCUT2D eigenvalue weighted by Crippen LogP contribution is 2.18. The zero-order valence-electron chi connectivity index (χ0n) is 16.1. The molecule has 0 spiro atoms. The molecule has 1 N–H and O–H groups in total. The van der Waals surface area contributed by atoms with Crippen molar-refractivity contribution in [1.29, 1.82) is 0 Å². The first-order valence-corrected chi connectivity index (χ1v) is 9.76. The van der Waals surface area contributed by atoms with Crippen molar-refractivity contribution in [3.63, 3.8) is 0 Å². The molecule has 0 saturated heterocycles. The summed E-state index contributed by atoms with van der Waals surface area (Å²) >= 11 is 5.94. The Bertz CT molecular complexity index is 790. The van der Waals surface area contributed by atoms with E-state index in [0.717, 1.165) is 31.9 Å². The Balaban J connectivity index is 1.51. The van der Waals surface area contributed by atoms with Gasteiger partial charge >= 0.3 is 0 Å².